The first-order valence-corrected chi connectivity index (χ1v) is 12.9. The SMILES string of the molecule is CCOc1cc(C=Nn2c(CC)nc3ccc(Br)cc3c2=O)cc(Br)c1OCc1cccc(C)c1. The molecule has 0 aliphatic carbocycles. The second kappa shape index (κ2) is 11.2. The van der Waals surface area contributed by atoms with Gasteiger partial charge < -0.3 is 9.47 Å². The highest BCUT2D eigenvalue weighted by Gasteiger charge is 2.13. The Balaban J connectivity index is 1.68. The van der Waals surface area contributed by atoms with Crippen molar-refractivity contribution in [2.24, 2.45) is 5.10 Å². The Kier molecular flexibility index (Phi) is 8.03. The summed E-state index contributed by atoms with van der Waals surface area (Å²) in [6.45, 7) is 6.82. The molecule has 6 nitrogen and oxygen atoms in total. The van der Waals surface area contributed by atoms with E-state index >= 15 is 0 Å². The molecule has 0 aliphatic heterocycles. The molecule has 4 rings (SSSR count). The highest BCUT2D eigenvalue weighted by atomic mass is 79.9. The molecular formula is C27H25Br2N3O3. The lowest BCUT2D eigenvalue weighted by Crippen LogP contribution is -2.22. The van der Waals surface area contributed by atoms with E-state index in [1.807, 2.05) is 50.2 Å². The third-order valence-corrected chi connectivity index (χ3v) is 6.39. The Morgan fingerprint density at radius 3 is 2.63 bits per heavy atom. The summed E-state index contributed by atoms with van der Waals surface area (Å²) in [5, 5.41) is 4.99. The third kappa shape index (κ3) is 5.82. The Morgan fingerprint density at radius 1 is 1.06 bits per heavy atom. The monoisotopic (exact) mass is 597 g/mol. The van der Waals surface area contributed by atoms with Gasteiger partial charge in [-0.3, -0.25) is 4.79 Å². The maximum absolute atomic E-state index is 13.2. The highest BCUT2D eigenvalue weighted by Crippen LogP contribution is 2.37. The van der Waals surface area contributed by atoms with Crippen molar-refractivity contribution in [1.82, 2.24) is 9.66 Å². The Labute approximate surface area is 220 Å². The minimum atomic E-state index is -0.216. The molecule has 0 unspecified atom stereocenters. The fourth-order valence-electron chi connectivity index (χ4n) is 3.69. The predicted octanol–water partition coefficient (Wildman–Crippen LogP) is 6.65. The number of aryl methyl sites for hydroxylation is 2. The van der Waals surface area contributed by atoms with Crippen molar-refractivity contribution in [2.75, 3.05) is 6.61 Å². The van der Waals surface area contributed by atoms with Gasteiger partial charge in [-0.2, -0.15) is 9.78 Å². The molecule has 0 saturated heterocycles. The number of fused-ring (bicyclic) bond motifs is 1. The summed E-state index contributed by atoms with van der Waals surface area (Å²) in [7, 11) is 0. The van der Waals surface area contributed by atoms with Crippen molar-refractivity contribution >= 4 is 49.0 Å². The number of benzene rings is 3. The van der Waals surface area contributed by atoms with Crippen LogP contribution in [0.3, 0.4) is 0 Å². The number of aromatic nitrogens is 2. The molecule has 0 N–H and O–H groups in total. The zero-order valence-corrected chi connectivity index (χ0v) is 22.9. The first-order valence-electron chi connectivity index (χ1n) is 11.3. The number of rotatable bonds is 8. The maximum atomic E-state index is 13.2. The molecule has 0 saturated carbocycles. The van der Waals surface area contributed by atoms with E-state index in [1.165, 1.54) is 10.2 Å². The van der Waals surface area contributed by atoms with Gasteiger partial charge in [0.05, 0.1) is 28.2 Å². The molecule has 0 aliphatic rings. The van der Waals surface area contributed by atoms with Crippen LogP contribution in [0.5, 0.6) is 11.5 Å². The Morgan fingerprint density at radius 2 is 1.89 bits per heavy atom. The molecule has 1 heterocycles. The van der Waals surface area contributed by atoms with Crippen LogP contribution in [0.15, 0.2) is 73.4 Å². The zero-order chi connectivity index (χ0) is 24.9. The van der Waals surface area contributed by atoms with Crippen molar-refractivity contribution in [1.29, 1.82) is 0 Å². The van der Waals surface area contributed by atoms with Gasteiger partial charge in [0, 0.05) is 10.9 Å². The summed E-state index contributed by atoms with van der Waals surface area (Å²) in [5.41, 5.74) is 3.45. The second-order valence-corrected chi connectivity index (χ2v) is 9.72. The van der Waals surface area contributed by atoms with E-state index in [0.29, 0.717) is 47.9 Å². The van der Waals surface area contributed by atoms with Crippen molar-refractivity contribution in [2.45, 2.75) is 33.8 Å². The van der Waals surface area contributed by atoms with Crippen LogP contribution in [-0.4, -0.2) is 22.5 Å². The quantitative estimate of drug-likeness (QED) is 0.213. The van der Waals surface area contributed by atoms with Crippen molar-refractivity contribution < 1.29 is 9.47 Å². The average Bonchev–Trinajstić information content (AvgIpc) is 2.83. The highest BCUT2D eigenvalue weighted by molar-refractivity contribution is 9.10. The van der Waals surface area contributed by atoms with Gasteiger partial charge in [0.15, 0.2) is 11.5 Å². The number of hydrogen-bond acceptors (Lipinski definition) is 5. The summed E-state index contributed by atoms with van der Waals surface area (Å²) in [5.74, 6) is 1.80. The van der Waals surface area contributed by atoms with Crippen LogP contribution in [0.2, 0.25) is 0 Å². The molecular weight excluding hydrogens is 574 g/mol. The smallest absolute Gasteiger partial charge is 0.282 e. The fourth-order valence-corrected chi connectivity index (χ4v) is 4.63. The van der Waals surface area contributed by atoms with Crippen LogP contribution in [0.4, 0.5) is 0 Å². The van der Waals surface area contributed by atoms with E-state index in [2.05, 4.69) is 61.0 Å². The normalized spacial score (nSPS) is 11.3. The van der Waals surface area contributed by atoms with Gasteiger partial charge >= 0.3 is 0 Å². The van der Waals surface area contributed by atoms with E-state index in [0.717, 1.165) is 20.1 Å². The van der Waals surface area contributed by atoms with Gasteiger partial charge in [-0.05, 0) is 71.2 Å². The van der Waals surface area contributed by atoms with Crippen LogP contribution < -0.4 is 15.0 Å². The number of nitrogens with zero attached hydrogens (tertiary/aromatic N) is 3. The molecule has 0 amide bonds. The number of hydrogen-bond donors (Lipinski definition) is 0. The van der Waals surface area contributed by atoms with E-state index in [1.54, 1.807) is 12.3 Å². The lowest BCUT2D eigenvalue weighted by molar-refractivity contribution is 0.267. The van der Waals surface area contributed by atoms with Crippen LogP contribution in [0, 0.1) is 6.92 Å². The molecule has 3 aromatic carbocycles. The van der Waals surface area contributed by atoms with Gasteiger partial charge in [-0.25, -0.2) is 4.98 Å². The molecule has 1 aromatic heterocycles. The lowest BCUT2D eigenvalue weighted by Gasteiger charge is -2.15. The second-order valence-electron chi connectivity index (χ2n) is 7.95. The van der Waals surface area contributed by atoms with Crippen LogP contribution in [-0.2, 0) is 13.0 Å². The fraction of sp³-hybridized carbons (Fsp3) is 0.222. The number of ether oxygens (including phenoxy) is 2. The summed E-state index contributed by atoms with van der Waals surface area (Å²) in [6.07, 6.45) is 2.20. The Hall–Kier alpha value is -2.97. The van der Waals surface area contributed by atoms with Crippen molar-refractivity contribution in [3.63, 3.8) is 0 Å². The minimum absolute atomic E-state index is 0.216. The van der Waals surface area contributed by atoms with Crippen LogP contribution in [0.1, 0.15) is 36.4 Å². The molecule has 0 fully saturated rings. The maximum Gasteiger partial charge on any atom is 0.282 e. The molecule has 8 heteroatoms. The molecule has 35 heavy (non-hydrogen) atoms. The predicted molar refractivity (Wildman–Crippen MR) is 147 cm³/mol. The van der Waals surface area contributed by atoms with Crippen LogP contribution >= 0.6 is 31.9 Å². The van der Waals surface area contributed by atoms with Gasteiger partial charge in [0.25, 0.3) is 5.56 Å². The summed E-state index contributed by atoms with van der Waals surface area (Å²) >= 11 is 7.04. The molecule has 180 valence electrons. The molecule has 0 radical (unpaired) electrons. The largest absolute Gasteiger partial charge is 0.490 e. The lowest BCUT2D eigenvalue weighted by atomic mass is 10.1. The van der Waals surface area contributed by atoms with E-state index in [9.17, 15) is 4.79 Å². The topological polar surface area (TPSA) is 65.7 Å². The Bertz CT molecular complexity index is 1460. The van der Waals surface area contributed by atoms with E-state index in [-0.39, 0.29) is 5.56 Å². The summed E-state index contributed by atoms with van der Waals surface area (Å²) in [4.78, 5) is 17.8. The molecule has 0 atom stereocenters. The molecule has 0 spiro atoms. The van der Waals surface area contributed by atoms with Gasteiger partial charge in [-0.1, -0.05) is 52.7 Å². The standard InChI is InChI=1S/C27H25Br2N3O3/c1-4-25-31-23-10-9-20(28)14-21(23)27(33)32(25)30-15-19-12-22(29)26(24(13-19)34-5-2)35-16-18-8-6-7-17(3)11-18/h6-15H,4-5,16H2,1-3H3. The van der Waals surface area contributed by atoms with E-state index in [4.69, 9.17) is 9.47 Å². The zero-order valence-electron chi connectivity index (χ0n) is 19.7. The van der Waals surface area contributed by atoms with Crippen molar-refractivity contribution in [3.05, 3.63) is 96.4 Å². The van der Waals surface area contributed by atoms with Crippen LogP contribution in [0.25, 0.3) is 10.9 Å². The average molecular weight is 599 g/mol. The van der Waals surface area contributed by atoms with Gasteiger partial charge in [0.1, 0.15) is 12.4 Å². The summed E-state index contributed by atoms with van der Waals surface area (Å²) < 4.78 is 14.9. The first-order chi connectivity index (χ1) is 16.9. The minimum Gasteiger partial charge on any atom is -0.490 e. The first kappa shape index (κ1) is 25.1. The molecule has 4 aromatic rings. The van der Waals surface area contributed by atoms with Gasteiger partial charge in [-0.15, -0.1) is 0 Å². The van der Waals surface area contributed by atoms with E-state index < -0.39 is 0 Å². The van der Waals surface area contributed by atoms with Crippen molar-refractivity contribution in [3.8, 4) is 11.5 Å². The van der Waals surface area contributed by atoms with Gasteiger partial charge in [0.2, 0.25) is 0 Å². The molecule has 0 bridgehead atoms. The third-order valence-electron chi connectivity index (χ3n) is 5.31. The number of halogens is 2. The summed E-state index contributed by atoms with van der Waals surface area (Å²) in [6, 6.07) is 17.4.